The Kier molecular flexibility index (Phi) is 6.15. The van der Waals surface area contributed by atoms with E-state index in [0.717, 1.165) is 37.4 Å². The number of fused-ring (bicyclic) bond motifs is 3. The summed E-state index contributed by atoms with van der Waals surface area (Å²) in [6.07, 6.45) is 1.34. The molecule has 1 aliphatic heterocycles. The molecule has 1 aromatic heterocycles. The molecule has 1 fully saturated rings. The molecule has 0 bridgehead atoms. The summed E-state index contributed by atoms with van der Waals surface area (Å²) in [4.78, 5) is 27.3. The maximum Gasteiger partial charge on any atom is 0.407 e. The average Bonchev–Trinajstić information content (AvgIpc) is 3.42. The molecular weight excluding hydrogens is 436 g/mol. The molecule has 1 amide bonds. The number of carbonyl (C=O) groups excluding carboxylic acids is 1. The van der Waals surface area contributed by atoms with Gasteiger partial charge in [-0.15, -0.1) is 11.3 Å². The molecule has 0 saturated carbocycles. The van der Waals surface area contributed by atoms with Crippen molar-refractivity contribution in [3.05, 3.63) is 81.5 Å². The number of ether oxygens (including phenoxy) is 1. The maximum atomic E-state index is 12.5. The number of aromatic carboxylic acids is 1. The van der Waals surface area contributed by atoms with E-state index >= 15 is 0 Å². The number of amides is 1. The number of benzene rings is 2. The summed E-state index contributed by atoms with van der Waals surface area (Å²) in [5.74, 6) is -0.816. The van der Waals surface area contributed by atoms with Crippen LogP contribution < -0.4 is 5.32 Å². The van der Waals surface area contributed by atoms with Crippen molar-refractivity contribution in [2.45, 2.75) is 31.3 Å². The second-order valence-electron chi connectivity index (χ2n) is 8.59. The number of nitrogens with one attached hydrogen (secondary N) is 1. The normalized spacial score (nSPS) is 16.2. The van der Waals surface area contributed by atoms with Crippen LogP contribution in [0.3, 0.4) is 0 Å². The lowest BCUT2D eigenvalue weighted by molar-refractivity contribution is 0.0702. The summed E-state index contributed by atoms with van der Waals surface area (Å²) in [5, 5.41) is 12.1. The van der Waals surface area contributed by atoms with Gasteiger partial charge >= 0.3 is 12.1 Å². The Morgan fingerprint density at radius 2 is 1.61 bits per heavy atom. The van der Waals surface area contributed by atoms with Gasteiger partial charge < -0.3 is 15.2 Å². The van der Waals surface area contributed by atoms with Crippen molar-refractivity contribution in [3.8, 4) is 11.1 Å². The van der Waals surface area contributed by atoms with Crippen LogP contribution in [0.15, 0.2) is 60.7 Å². The van der Waals surface area contributed by atoms with Gasteiger partial charge in [-0.05, 0) is 47.2 Å². The monoisotopic (exact) mass is 462 g/mol. The number of carboxylic acids is 1. The van der Waals surface area contributed by atoms with Crippen LogP contribution in [-0.4, -0.2) is 47.8 Å². The second-order valence-corrected chi connectivity index (χ2v) is 9.76. The highest BCUT2D eigenvalue weighted by atomic mass is 32.1. The number of hydrogen-bond donors (Lipinski definition) is 2. The number of carboxylic acid groups (broad SMARTS) is 1. The van der Waals surface area contributed by atoms with Crippen molar-refractivity contribution in [3.63, 3.8) is 0 Å². The predicted molar refractivity (Wildman–Crippen MR) is 128 cm³/mol. The molecule has 0 spiro atoms. The highest BCUT2D eigenvalue weighted by Crippen LogP contribution is 2.44. The van der Waals surface area contributed by atoms with Gasteiger partial charge in [0.2, 0.25) is 0 Å². The number of rotatable bonds is 6. The molecule has 3 aromatic rings. The smallest absolute Gasteiger partial charge is 0.407 e. The third kappa shape index (κ3) is 4.65. The Labute approximate surface area is 196 Å². The van der Waals surface area contributed by atoms with E-state index in [4.69, 9.17) is 9.84 Å². The third-order valence-electron chi connectivity index (χ3n) is 6.51. The van der Waals surface area contributed by atoms with Crippen molar-refractivity contribution in [2.24, 2.45) is 0 Å². The minimum absolute atomic E-state index is 0.0616. The van der Waals surface area contributed by atoms with Gasteiger partial charge in [0, 0.05) is 36.5 Å². The number of piperidine rings is 1. The molecule has 33 heavy (non-hydrogen) atoms. The lowest BCUT2D eigenvalue weighted by Gasteiger charge is -2.31. The lowest BCUT2D eigenvalue weighted by Crippen LogP contribution is -2.44. The van der Waals surface area contributed by atoms with Gasteiger partial charge in [0.1, 0.15) is 11.5 Å². The molecule has 2 N–H and O–H groups in total. The van der Waals surface area contributed by atoms with Crippen molar-refractivity contribution < 1.29 is 19.4 Å². The van der Waals surface area contributed by atoms with Gasteiger partial charge in [0.15, 0.2) is 0 Å². The Morgan fingerprint density at radius 3 is 2.21 bits per heavy atom. The fourth-order valence-electron chi connectivity index (χ4n) is 4.84. The van der Waals surface area contributed by atoms with Crippen LogP contribution in [0.4, 0.5) is 4.79 Å². The summed E-state index contributed by atoms with van der Waals surface area (Å²) in [7, 11) is 0. The van der Waals surface area contributed by atoms with E-state index in [1.54, 1.807) is 6.07 Å². The van der Waals surface area contributed by atoms with Gasteiger partial charge in [-0.3, -0.25) is 4.90 Å². The van der Waals surface area contributed by atoms with Crippen LogP contribution in [0.5, 0.6) is 0 Å². The molecule has 2 heterocycles. The number of thiophene rings is 1. The summed E-state index contributed by atoms with van der Waals surface area (Å²) in [5.41, 5.74) is 4.85. The topological polar surface area (TPSA) is 78.9 Å². The maximum absolute atomic E-state index is 12.5. The number of hydrogen-bond acceptors (Lipinski definition) is 5. The zero-order valence-electron chi connectivity index (χ0n) is 18.2. The molecule has 1 aliphatic carbocycles. The zero-order chi connectivity index (χ0) is 22.8. The summed E-state index contributed by atoms with van der Waals surface area (Å²) >= 11 is 1.32. The molecule has 2 aromatic carbocycles. The number of alkyl carbamates (subject to hydrolysis) is 1. The van der Waals surface area contributed by atoms with Crippen molar-refractivity contribution in [2.75, 3.05) is 19.7 Å². The highest BCUT2D eigenvalue weighted by molar-refractivity contribution is 7.13. The zero-order valence-corrected chi connectivity index (χ0v) is 19.0. The van der Waals surface area contributed by atoms with E-state index in [1.807, 2.05) is 30.3 Å². The first-order valence-electron chi connectivity index (χ1n) is 11.2. The minimum Gasteiger partial charge on any atom is -0.477 e. The second kappa shape index (κ2) is 9.37. The van der Waals surface area contributed by atoms with Crippen molar-refractivity contribution in [1.29, 1.82) is 0 Å². The van der Waals surface area contributed by atoms with E-state index < -0.39 is 5.97 Å². The summed E-state index contributed by atoms with van der Waals surface area (Å²) < 4.78 is 5.67. The van der Waals surface area contributed by atoms with Crippen LogP contribution in [0, 0.1) is 0 Å². The molecule has 170 valence electrons. The largest absolute Gasteiger partial charge is 0.477 e. The highest BCUT2D eigenvalue weighted by Gasteiger charge is 2.29. The van der Waals surface area contributed by atoms with Crippen LogP contribution >= 0.6 is 11.3 Å². The number of likely N-dealkylation sites (tertiary alicyclic amines) is 1. The Hall–Kier alpha value is -3.16. The first-order valence-corrected chi connectivity index (χ1v) is 12.1. The van der Waals surface area contributed by atoms with Crippen molar-refractivity contribution in [1.82, 2.24) is 10.2 Å². The molecule has 0 radical (unpaired) electrons. The molecule has 0 atom stereocenters. The predicted octanol–water partition coefficient (Wildman–Crippen LogP) is 4.95. The first-order chi connectivity index (χ1) is 16.1. The first kappa shape index (κ1) is 21.7. The Balaban J connectivity index is 1.11. The van der Waals surface area contributed by atoms with Gasteiger partial charge in [0.05, 0.1) is 0 Å². The van der Waals surface area contributed by atoms with Crippen molar-refractivity contribution >= 4 is 23.4 Å². The standard InChI is InChI=1S/C26H26N2O4S/c29-25(30)24-10-9-18(33-24)15-28-13-11-17(12-14-28)27-26(31)32-16-23-21-7-3-1-5-19(21)20-6-2-4-8-22(20)23/h1-10,17,23H,11-16H2,(H,27,31)(H,29,30). The van der Waals surface area contributed by atoms with Crippen LogP contribution in [-0.2, 0) is 11.3 Å². The quantitative estimate of drug-likeness (QED) is 0.542. The fourth-order valence-corrected chi connectivity index (χ4v) is 5.73. The van der Waals surface area contributed by atoms with Gasteiger partial charge in [-0.25, -0.2) is 9.59 Å². The van der Waals surface area contributed by atoms with E-state index in [9.17, 15) is 9.59 Å². The SMILES string of the molecule is O=C(NC1CCN(Cc2ccc(C(=O)O)s2)CC1)OCC1c2ccccc2-c2ccccc21. The van der Waals surface area contributed by atoms with Gasteiger partial charge in [-0.1, -0.05) is 48.5 Å². The molecule has 1 saturated heterocycles. The Bertz CT molecular complexity index is 1120. The average molecular weight is 463 g/mol. The molecule has 0 unspecified atom stereocenters. The molecular formula is C26H26N2O4S. The van der Waals surface area contributed by atoms with Gasteiger partial charge in [-0.2, -0.15) is 0 Å². The van der Waals surface area contributed by atoms with Crippen LogP contribution in [0.25, 0.3) is 11.1 Å². The minimum atomic E-state index is -0.878. The van der Waals surface area contributed by atoms with Crippen LogP contribution in [0.1, 0.15) is 44.4 Å². The molecule has 6 nitrogen and oxygen atoms in total. The van der Waals surface area contributed by atoms with Crippen LogP contribution in [0.2, 0.25) is 0 Å². The fraction of sp³-hybridized carbons (Fsp3) is 0.308. The van der Waals surface area contributed by atoms with E-state index in [0.29, 0.717) is 11.5 Å². The van der Waals surface area contributed by atoms with E-state index in [-0.39, 0.29) is 18.1 Å². The Morgan fingerprint density at radius 1 is 0.970 bits per heavy atom. The van der Waals surface area contributed by atoms with E-state index in [1.165, 1.54) is 33.6 Å². The third-order valence-corrected chi connectivity index (χ3v) is 7.56. The summed E-state index contributed by atoms with van der Waals surface area (Å²) in [6.45, 7) is 2.78. The lowest BCUT2D eigenvalue weighted by atomic mass is 9.98. The molecule has 7 heteroatoms. The van der Waals surface area contributed by atoms with E-state index in [2.05, 4.69) is 34.5 Å². The summed E-state index contributed by atoms with van der Waals surface area (Å²) in [6, 6.07) is 20.3. The molecule has 5 rings (SSSR count). The number of nitrogens with zero attached hydrogens (tertiary/aromatic N) is 1. The molecule has 2 aliphatic rings. The number of carbonyl (C=O) groups is 2. The van der Waals surface area contributed by atoms with Gasteiger partial charge in [0.25, 0.3) is 0 Å².